The second kappa shape index (κ2) is 9.98. The number of hydrogen-bond acceptors (Lipinski definition) is 6. The molecule has 3 aromatic rings. The van der Waals surface area contributed by atoms with Crippen molar-refractivity contribution >= 4 is 33.8 Å². The minimum atomic E-state index is -3.49. The molecule has 37 heavy (non-hydrogen) atoms. The number of carbonyl (C=O) groups is 1. The fraction of sp³-hybridized carbons (Fsp3) is 0.321. The Labute approximate surface area is 217 Å². The molecule has 1 fully saturated rings. The maximum Gasteiger partial charge on any atom is 0.337 e. The molecule has 2 aliphatic rings. The van der Waals surface area contributed by atoms with Crippen molar-refractivity contribution in [3.05, 3.63) is 72.0 Å². The van der Waals surface area contributed by atoms with E-state index in [1.165, 1.54) is 30.7 Å². The number of nitrogens with two attached hydrogens (primary N) is 1. The number of fused-ring (bicyclic) bond motifs is 1. The van der Waals surface area contributed by atoms with Crippen LogP contribution in [0.15, 0.2) is 65.6 Å². The Morgan fingerprint density at radius 2 is 1.73 bits per heavy atom. The normalized spacial score (nSPS) is 21.2. The van der Waals surface area contributed by atoms with Crippen LogP contribution in [0.4, 0.5) is 21.5 Å². The van der Waals surface area contributed by atoms with Crippen LogP contribution < -0.4 is 10.6 Å². The summed E-state index contributed by atoms with van der Waals surface area (Å²) in [5.41, 5.74) is 7.34. The number of rotatable bonds is 4. The molecule has 7 nitrogen and oxygen atoms in total. The van der Waals surface area contributed by atoms with Gasteiger partial charge in [-0.1, -0.05) is 43.5 Å². The number of anilines is 3. The van der Waals surface area contributed by atoms with E-state index in [4.69, 9.17) is 5.73 Å². The van der Waals surface area contributed by atoms with Crippen LogP contribution in [0.3, 0.4) is 0 Å². The fourth-order valence-electron chi connectivity index (χ4n) is 5.67. The van der Waals surface area contributed by atoms with Crippen molar-refractivity contribution in [1.29, 1.82) is 0 Å². The number of likely N-dealkylation sites (N-methyl/N-ethyl adjacent to an activating group) is 1. The van der Waals surface area contributed by atoms with Crippen LogP contribution in [0.2, 0.25) is 0 Å². The standard InChI is InChI=1S/C28H32FN3O4S/c1-31-26(18-8-4-2-5-9-18)17-32(20-10-6-3-7-11-20)25-16-23(29)21(15-27(25)37(31,35)36)19-12-13-24(30)22(14-19)28(33)34/h3,6-7,10-16,18,26,35-36H,2,4-5,8-9,17,30H2,1H3,(H,33,34). The molecule has 1 aliphatic heterocycles. The molecule has 1 heterocycles. The maximum atomic E-state index is 15.7. The average Bonchev–Trinajstić information content (AvgIpc) is 2.97. The summed E-state index contributed by atoms with van der Waals surface area (Å²) in [5, 5.41) is 9.50. The summed E-state index contributed by atoms with van der Waals surface area (Å²) >= 11 is 0. The predicted molar refractivity (Wildman–Crippen MR) is 146 cm³/mol. The van der Waals surface area contributed by atoms with E-state index < -0.39 is 22.6 Å². The highest BCUT2D eigenvalue weighted by Crippen LogP contribution is 2.60. The zero-order valence-electron chi connectivity index (χ0n) is 20.7. The monoisotopic (exact) mass is 525 g/mol. The van der Waals surface area contributed by atoms with Gasteiger partial charge in [0.2, 0.25) is 0 Å². The van der Waals surface area contributed by atoms with Crippen LogP contribution in [-0.2, 0) is 0 Å². The number of hydrogen-bond donors (Lipinski definition) is 4. The Bertz CT molecular complexity index is 1310. The first-order valence-corrected chi connectivity index (χ1v) is 14.0. The summed E-state index contributed by atoms with van der Waals surface area (Å²) in [6.45, 7) is 0.484. The quantitative estimate of drug-likeness (QED) is 0.276. The third-order valence-electron chi connectivity index (χ3n) is 7.73. The zero-order chi connectivity index (χ0) is 26.3. The van der Waals surface area contributed by atoms with E-state index in [0.29, 0.717) is 17.8 Å². The molecule has 5 N–H and O–H groups in total. The van der Waals surface area contributed by atoms with E-state index in [2.05, 4.69) is 0 Å². The van der Waals surface area contributed by atoms with Gasteiger partial charge in [0.15, 0.2) is 0 Å². The van der Waals surface area contributed by atoms with Crippen LogP contribution >= 0.6 is 10.8 Å². The van der Waals surface area contributed by atoms with Crippen LogP contribution in [0.25, 0.3) is 11.1 Å². The molecule has 3 aromatic carbocycles. The number of nitrogen functional groups attached to an aromatic ring is 1. The lowest BCUT2D eigenvalue weighted by Crippen LogP contribution is -2.45. The first-order valence-electron chi connectivity index (χ1n) is 12.5. The molecule has 1 atom stereocenters. The Hall–Kier alpha value is -3.11. The first kappa shape index (κ1) is 25.5. The lowest BCUT2D eigenvalue weighted by molar-refractivity contribution is 0.0698. The Balaban J connectivity index is 1.69. The van der Waals surface area contributed by atoms with Gasteiger partial charge in [-0.15, -0.1) is 10.8 Å². The molecule has 1 unspecified atom stereocenters. The van der Waals surface area contributed by atoms with Crippen molar-refractivity contribution in [1.82, 2.24) is 4.31 Å². The van der Waals surface area contributed by atoms with E-state index in [0.717, 1.165) is 31.4 Å². The van der Waals surface area contributed by atoms with Gasteiger partial charge < -0.3 is 15.7 Å². The van der Waals surface area contributed by atoms with Gasteiger partial charge in [0.1, 0.15) is 5.82 Å². The molecule has 0 radical (unpaired) electrons. The number of para-hydroxylation sites is 1. The second-order valence-corrected chi connectivity index (χ2v) is 11.9. The molecular formula is C28H32FN3O4S. The molecule has 1 aliphatic carbocycles. The maximum absolute atomic E-state index is 15.7. The summed E-state index contributed by atoms with van der Waals surface area (Å²) < 4.78 is 40.8. The molecular weight excluding hydrogens is 493 g/mol. The Kier molecular flexibility index (Phi) is 6.89. The SMILES string of the molecule is CN1C(C2CCCCC2)CN(c2ccccc2)c2cc(F)c(-c3ccc(N)c(C(=O)O)c3)cc2S1(O)O. The minimum Gasteiger partial charge on any atom is -0.478 e. The van der Waals surface area contributed by atoms with Gasteiger partial charge in [0.05, 0.1) is 16.1 Å². The zero-order valence-corrected chi connectivity index (χ0v) is 21.5. The number of halogens is 1. The summed E-state index contributed by atoms with van der Waals surface area (Å²) in [7, 11) is -1.76. The number of carboxylic acids is 1. The molecule has 0 saturated heterocycles. The van der Waals surface area contributed by atoms with Crippen LogP contribution in [0.5, 0.6) is 0 Å². The largest absolute Gasteiger partial charge is 0.478 e. The Morgan fingerprint density at radius 1 is 1.03 bits per heavy atom. The van der Waals surface area contributed by atoms with Gasteiger partial charge in [-0.05, 0) is 54.7 Å². The molecule has 9 heteroatoms. The van der Waals surface area contributed by atoms with Crippen LogP contribution in [-0.4, -0.2) is 44.1 Å². The number of nitrogens with zero attached hydrogens (tertiary/aromatic N) is 2. The number of carboxylic acid groups (broad SMARTS) is 1. The van der Waals surface area contributed by atoms with Gasteiger partial charge in [0, 0.05) is 42.6 Å². The van der Waals surface area contributed by atoms with Crippen molar-refractivity contribution in [2.75, 3.05) is 24.2 Å². The van der Waals surface area contributed by atoms with Crippen molar-refractivity contribution < 1.29 is 23.4 Å². The lowest BCUT2D eigenvalue weighted by atomic mass is 9.83. The van der Waals surface area contributed by atoms with Crippen molar-refractivity contribution in [2.24, 2.45) is 5.92 Å². The lowest BCUT2D eigenvalue weighted by Gasteiger charge is -2.46. The number of benzene rings is 3. The highest BCUT2D eigenvalue weighted by atomic mass is 32.3. The highest BCUT2D eigenvalue weighted by molar-refractivity contribution is 8.22. The van der Waals surface area contributed by atoms with Crippen LogP contribution in [0.1, 0.15) is 42.5 Å². The van der Waals surface area contributed by atoms with E-state index in [1.54, 1.807) is 17.4 Å². The molecule has 0 aromatic heterocycles. The predicted octanol–water partition coefficient (Wildman–Crippen LogP) is 6.83. The van der Waals surface area contributed by atoms with Crippen molar-refractivity contribution in [2.45, 2.75) is 43.0 Å². The van der Waals surface area contributed by atoms with E-state index in [1.807, 2.05) is 35.2 Å². The molecule has 0 spiro atoms. The molecule has 0 amide bonds. The Morgan fingerprint density at radius 3 is 2.41 bits per heavy atom. The smallest absolute Gasteiger partial charge is 0.337 e. The highest BCUT2D eigenvalue weighted by Gasteiger charge is 2.41. The molecule has 1 saturated carbocycles. The average molecular weight is 526 g/mol. The molecule has 5 rings (SSSR count). The molecule has 0 bridgehead atoms. The van der Waals surface area contributed by atoms with Gasteiger partial charge in [-0.25, -0.2) is 9.18 Å². The second-order valence-electron chi connectivity index (χ2n) is 9.88. The molecule has 196 valence electrons. The van der Waals surface area contributed by atoms with Gasteiger partial charge in [0.25, 0.3) is 0 Å². The topological polar surface area (TPSA) is 110 Å². The van der Waals surface area contributed by atoms with Crippen molar-refractivity contribution in [3.8, 4) is 11.1 Å². The van der Waals surface area contributed by atoms with E-state index >= 15 is 4.39 Å². The summed E-state index contributed by atoms with van der Waals surface area (Å²) in [6.07, 6.45) is 5.40. The van der Waals surface area contributed by atoms with Gasteiger partial charge in [-0.3, -0.25) is 9.11 Å². The fourth-order valence-corrected chi connectivity index (χ4v) is 7.32. The summed E-state index contributed by atoms with van der Waals surface area (Å²) in [4.78, 5) is 13.8. The van der Waals surface area contributed by atoms with Gasteiger partial charge in [-0.2, -0.15) is 4.31 Å². The van der Waals surface area contributed by atoms with Crippen molar-refractivity contribution in [3.63, 3.8) is 0 Å². The summed E-state index contributed by atoms with van der Waals surface area (Å²) in [5.74, 6) is -1.52. The third-order valence-corrected chi connectivity index (χ3v) is 9.72. The first-order chi connectivity index (χ1) is 17.7. The summed E-state index contributed by atoms with van der Waals surface area (Å²) in [6, 6.07) is 16.5. The van der Waals surface area contributed by atoms with Crippen LogP contribution in [0, 0.1) is 11.7 Å². The third kappa shape index (κ3) is 4.68. The van der Waals surface area contributed by atoms with E-state index in [-0.39, 0.29) is 33.7 Å². The minimum absolute atomic E-state index is 0.0704. The van der Waals surface area contributed by atoms with Gasteiger partial charge >= 0.3 is 5.97 Å². The number of aromatic carboxylic acids is 1. The van der Waals surface area contributed by atoms with E-state index in [9.17, 15) is 19.0 Å².